The molecule has 1 aliphatic rings. The molecule has 0 unspecified atom stereocenters. The van der Waals surface area contributed by atoms with E-state index in [9.17, 15) is 4.79 Å². The van der Waals surface area contributed by atoms with Gasteiger partial charge >= 0.3 is 6.09 Å². The third-order valence-electron chi connectivity index (χ3n) is 4.60. The zero-order valence-electron chi connectivity index (χ0n) is 14.6. The lowest BCUT2D eigenvalue weighted by Gasteiger charge is -2.36. The maximum atomic E-state index is 11.8. The lowest BCUT2D eigenvalue weighted by molar-refractivity contribution is 0.125. The van der Waals surface area contributed by atoms with Crippen molar-refractivity contribution in [2.24, 2.45) is 0 Å². The molecule has 1 aliphatic carbocycles. The van der Waals surface area contributed by atoms with Crippen LogP contribution >= 0.6 is 0 Å². The Morgan fingerprint density at radius 2 is 1.96 bits per heavy atom. The van der Waals surface area contributed by atoms with Crippen LogP contribution in [0, 0.1) is 0 Å². The van der Waals surface area contributed by atoms with E-state index in [0.29, 0.717) is 12.6 Å². The predicted octanol–water partition coefficient (Wildman–Crippen LogP) is 3.19. The molecule has 1 fully saturated rings. The SMILES string of the molecule is CCc1cccnc1CNC1CC(NC(=O)OCc2ccccc2)C1. The minimum absolute atomic E-state index is 0.190. The minimum Gasteiger partial charge on any atom is -0.445 e. The molecule has 0 spiro atoms. The number of amides is 1. The van der Waals surface area contributed by atoms with Crippen molar-refractivity contribution in [2.45, 2.75) is 51.4 Å². The number of rotatable bonds is 7. The van der Waals surface area contributed by atoms with Gasteiger partial charge in [0.1, 0.15) is 6.61 Å². The molecule has 5 heteroatoms. The second kappa shape index (κ2) is 8.62. The minimum atomic E-state index is -0.342. The van der Waals surface area contributed by atoms with Crippen LogP contribution in [0.2, 0.25) is 0 Å². The van der Waals surface area contributed by atoms with Crippen molar-refractivity contribution in [3.63, 3.8) is 0 Å². The van der Waals surface area contributed by atoms with Gasteiger partial charge in [0.05, 0.1) is 5.69 Å². The maximum Gasteiger partial charge on any atom is 0.407 e. The largest absolute Gasteiger partial charge is 0.445 e. The summed E-state index contributed by atoms with van der Waals surface area (Å²) in [5.74, 6) is 0. The summed E-state index contributed by atoms with van der Waals surface area (Å²) in [4.78, 5) is 16.3. The van der Waals surface area contributed by atoms with Crippen LogP contribution in [-0.4, -0.2) is 23.2 Å². The number of carbonyl (C=O) groups is 1. The van der Waals surface area contributed by atoms with Crippen LogP contribution < -0.4 is 10.6 Å². The van der Waals surface area contributed by atoms with Crippen LogP contribution in [0.1, 0.15) is 36.6 Å². The Labute approximate surface area is 148 Å². The summed E-state index contributed by atoms with van der Waals surface area (Å²) in [5, 5.41) is 6.44. The zero-order valence-corrected chi connectivity index (χ0v) is 14.6. The highest BCUT2D eigenvalue weighted by Gasteiger charge is 2.30. The smallest absolute Gasteiger partial charge is 0.407 e. The molecule has 1 aromatic carbocycles. The van der Waals surface area contributed by atoms with Crippen molar-refractivity contribution in [1.82, 2.24) is 15.6 Å². The Hall–Kier alpha value is -2.40. The Balaban J connectivity index is 1.33. The number of pyridine rings is 1. The van der Waals surface area contributed by atoms with Crippen molar-refractivity contribution < 1.29 is 9.53 Å². The number of aryl methyl sites for hydroxylation is 1. The van der Waals surface area contributed by atoms with Crippen molar-refractivity contribution in [3.05, 3.63) is 65.5 Å². The summed E-state index contributed by atoms with van der Waals surface area (Å²) in [6, 6.07) is 14.4. The molecular weight excluding hydrogens is 314 g/mol. The first-order valence-electron chi connectivity index (χ1n) is 8.88. The van der Waals surface area contributed by atoms with Gasteiger partial charge in [-0.05, 0) is 36.5 Å². The van der Waals surface area contributed by atoms with E-state index in [-0.39, 0.29) is 12.1 Å². The molecule has 1 saturated carbocycles. The number of aromatic nitrogens is 1. The summed E-state index contributed by atoms with van der Waals surface area (Å²) in [5.41, 5.74) is 3.39. The zero-order chi connectivity index (χ0) is 17.5. The van der Waals surface area contributed by atoms with Crippen LogP contribution in [0.5, 0.6) is 0 Å². The van der Waals surface area contributed by atoms with Crippen LogP contribution in [0.25, 0.3) is 0 Å². The second-order valence-corrected chi connectivity index (χ2v) is 6.41. The number of hydrogen-bond acceptors (Lipinski definition) is 4. The van der Waals surface area contributed by atoms with Gasteiger partial charge in [0.25, 0.3) is 0 Å². The number of nitrogens with one attached hydrogen (secondary N) is 2. The molecule has 0 aliphatic heterocycles. The fourth-order valence-corrected chi connectivity index (χ4v) is 3.03. The van der Waals surface area contributed by atoms with Crippen LogP contribution in [0.4, 0.5) is 4.79 Å². The highest BCUT2D eigenvalue weighted by Crippen LogP contribution is 2.21. The number of nitrogens with zero attached hydrogens (tertiary/aromatic N) is 1. The molecule has 2 N–H and O–H groups in total. The first kappa shape index (κ1) is 17.4. The average Bonchev–Trinajstić information content (AvgIpc) is 2.63. The van der Waals surface area contributed by atoms with Crippen LogP contribution in [0.15, 0.2) is 48.7 Å². The summed E-state index contributed by atoms with van der Waals surface area (Å²) < 4.78 is 5.25. The fraction of sp³-hybridized carbons (Fsp3) is 0.400. The van der Waals surface area contributed by atoms with Crippen molar-refractivity contribution in [2.75, 3.05) is 0 Å². The lowest BCUT2D eigenvalue weighted by atomic mass is 9.87. The third kappa shape index (κ3) is 5.03. The van der Waals surface area contributed by atoms with E-state index in [2.05, 4.69) is 28.6 Å². The van der Waals surface area contributed by atoms with Crippen LogP contribution in [-0.2, 0) is 24.3 Å². The number of alkyl carbamates (subject to hydrolysis) is 1. The summed E-state index contributed by atoms with van der Waals surface area (Å²) >= 11 is 0. The van der Waals surface area contributed by atoms with Gasteiger partial charge in [-0.15, -0.1) is 0 Å². The van der Waals surface area contributed by atoms with Gasteiger partial charge in [-0.2, -0.15) is 0 Å². The molecular formula is C20H25N3O2. The van der Waals surface area contributed by atoms with E-state index in [0.717, 1.165) is 37.1 Å². The number of ether oxygens (including phenoxy) is 1. The molecule has 0 atom stereocenters. The average molecular weight is 339 g/mol. The van der Waals surface area contributed by atoms with E-state index in [4.69, 9.17) is 4.74 Å². The topological polar surface area (TPSA) is 63.2 Å². The van der Waals surface area contributed by atoms with Gasteiger partial charge in [-0.3, -0.25) is 4.98 Å². The van der Waals surface area contributed by atoms with Gasteiger partial charge in [0.2, 0.25) is 0 Å². The molecule has 1 heterocycles. The molecule has 0 radical (unpaired) electrons. The quantitative estimate of drug-likeness (QED) is 0.813. The predicted molar refractivity (Wildman–Crippen MR) is 97.0 cm³/mol. The molecule has 25 heavy (non-hydrogen) atoms. The highest BCUT2D eigenvalue weighted by molar-refractivity contribution is 5.67. The lowest BCUT2D eigenvalue weighted by Crippen LogP contribution is -2.52. The fourth-order valence-electron chi connectivity index (χ4n) is 3.03. The van der Waals surface area contributed by atoms with Gasteiger partial charge in [-0.1, -0.05) is 43.3 Å². The summed E-state index contributed by atoms with van der Waals surface area (Å²) in [7, 11) is 0. The number of benzene rings is 1. The summed E-state index contributed by atoms with van der Waals surface area (Å²) in [6.07, 6.45) is 4.34. The van der Waals surface area contributed by atoms with Gasteiger partial charge in [-0.25, -0.2) is 4.79 Å². The van der Waals surface area contributed by atoms with E-state index < -0.39 is 0 Å². The highest BCUT2D eigenvalue weighted by atomic mass is 16.5. The normalized spacial score (nSPS) is 19.1. The van der Waals surface area contributed by atoms with E-state index in [1.165, 1.54) is 5.56 Å². The molecule has 1 aromatic heterocycles. The maximum absolute atomic E-state index is 11.8. The van der Waals surface area contributed by atoms with Crippen molar-refractivity contribution in [3.8, 4) is 0 Å². The van der Waals surface area contributed by atoms with E-state index >= 15 is 0 Å². The molecule has 1 amide bonds. The molecule has 132 valence electrons. The Morgan fingerprint density at radius 3 is 2.72 bits per heavy atom. The molecule has 0 bridgehead atoms. The number of carbonyl (C=O) groups excluding carboxylic acids is 1. The molecule has 0 saturated heterocycles. The Morgan fingerprint density at radius 1 is 1.16 bits per heavy atom. The van der Waals surface area contributed by atoms with Gasteiger partial charge in [0.15, 0.2) is 0 Å². The Bertz CT molecular complexity index is 684. The van der Waals surface area contributed by atoms with Gasteiger partial charge in [0, 0.05) is 24.8 Å². The molecule has 5 nitrogen and oxygen atoms in total. The Kier molecular flexibility index (Phi) is 6.01. The number of hydrogen-bond donors (Lipinski definition) is 2. The summed E-state index contributed by atoms with van der Waals surface area (Å²) in [6.45, 7) is 3.23. The van der Waals surface area contributed by atoms with E-state index in [1.54, 1.807) is 0 Å². The standard InChI is InChI=1S/C20H25N3O2/c1-2-16-9-6-10-21-19(16)13-22-17-11-18(12-17)23-20(24)25-14-15-7-4-3-5-8-15/h3-10,17-18,22H,2,11-14H2,1H3,(H,23,24). The van der Waals surface area contributed by atoms with Crippen LogP contribution in [0.3, 0.4) is 0 Å². The van der Waals surface area contributed by atoms with Crippen molar-refractivity contribution in [1.29, 1.82) is 0 Å². The first-order valence-corrected chi connectivity index (χ1v) is 8.88. The second-order valence-electron chi connectivity index (χ2n) is 6.41. The van der Waals surface area contributed by atoms with Crippen molar-refractivity contribution >= 4 is 6.09 Å². The van der Waals surface area contributed by atoms with Gasteiger partial charge < -0.3 is 15.4 Å². The molecule has 2 aromatic rings. The third-order valence-corrected chi connectivity index (χ3v) is 4.60. The van der Waals surface area contributed by atoms with E-state index in [1.807, 2.05) is 42.6 Å². The monoisotopic (exact) mass is 339 g/mol. The molecule has 3 rings (SSSR count). The first-order chi connectivity index (χ1) is 12.2.